The van der Waals surface area contributed by atoms with Crippen LogP contribution in [-0.2, 0) is 4.79 Å². The van der Waals surface area contributed by atoms with Gasteiger partial charge in [0.05, 0.1) is 16.6 Å². The molecule has 0 aliphatic heterocycles. The number of para-hydroxylation sites is 1. The normalized spacial score (nSPS) is 9.43. The Kier molecular flexibility index (Phi) is 2.57. The standard InChI is InChI=1S/C11H7NOS/c13-8-4-3-7-11-12-9-5-1-2-6-10(9)14-11/h1-2,5-6,8H,4H2. The minimum atomic E-state index is 0.274. The molecule has 2 rings (SSSR count). The van der Waals surface area contributed by atoms with Gasteiger partial charge in [-0.05, 0) is 18.1 Å². The summed E-state index contributed by atoms with van der Waals surface area (Å²) in [5.41, 5.74) is 0.966. The second kappa shape index (κ2) is 4.03. The highest BCUT2D eigenvalue weighted by Crippen LogP contribution is 2.20. The Morgan fingerprint density at radius 1 is 1.43 bits per heavy atom. The monoisotopic (exact) mass is 201 g/mol. The van der Waals surface area contributed by atoms with Crippen LogP contribution in [0.2, 0.25) is 0 Å². The smallest absolute Gasteiger partial charge is 0.168 e. The van der Waals surface area contributed by atoms with Gasteiger partial charge in [-0.1, -0.05) is 18.1 Å². The molecule has 0 aliphatic rings. The van der Waals surface area contributed by atoms with E-state index in [1.54, 1.807) is 11.3 Å². The molecule has 2 aromatic rings. The van der Waals surface area contributed by atoms with Crippen LogP contribution in [0.1, 0.15) is 11.4 Å². The lowest BCUT2D eigenvalue weighted by Crippen LogP contribution is -1.71. The topological polar surface area (TPSA) is 30.0 Å². The summed E-state index contributed by atoms with van der Waals surface area (Å²) in [6, 6.07) is 7.89. The van der Waals surface area contributed by atoms with Crippen molar-refractivity contribution < 1.29 is 4.79 Å². The molecule has 1 heterocycles. The van der Waals surface area contributed by atoms with Crippen LogP contribution in [-0.4, -0.2) is 11.3 Å². The van der Waals surface area contributed by atoms with Gasteiger partial charge in [-0.25, -0.2) is 4.98 Å². The van der Waals surface area contributed by atoms with Crippen LogP contribution in [0.5, 0.6) is 0 Å². The minimum Gasteiger partial charge on any atom is -0.302 e. The van der Waals surface area contributed by atoms with E-state index in [0.717, 1.165) is 21.5 Å². The average Bonchev–Trinajstić information content (AvgIpc) is 2.60. The van der Waals surface area contributed by atoms with Crippen LogP contribution in [0.3, 0.4) is 0 Å². The van der Waals surface area contributed by atoms with Gasteiger partial charge in [0.2, 0.25) is 0 Å². The third-order valence-corrected chi connectivity index (χ3v) is 2.63. The number of thiazole rings is 1. The van der Waals surface area contributed by atoms with Crippen LogP contribution in [0, 0.1) is 11.8 Å². The predicted octanol–water partition coefficient (Wildman–Crippen LogP) is 2.24. The highest BCUT2D eigenvalue weighted by Gasteiger charge is 1.98. The summed E-state index contributed by atoms with van der Waals surface area (Å²) >= 11 is 1.55. The molecule has 2 nitrogen and oxygen atoms in total. The van der Waals surface area contributed by atoms with Crippen LogP contribution in [0.4, 0.5) is 0 Å². The molecule has 3 heteroatoms. The number of nitrogens with zero attached hydrogens (tertiary/aromatic N) is 1. The first kappa shape index (κ1) is 8.92. The number of rotatable bonds is 1. The molecule has 1 aromatic heterocycles. The highest BCUT2D eigenvalue weighted by atomic mass is 32.1. The molecule has 0 spiro atoms. The van der Waals surface area contributed by atoms with Gasteiger partial charge in [-0.15, -0.1) is 11.3 Å². The van der Waals surface area contributed by atoms with Gasteiger partial charge >= 0.3 is 0 Å². The lowest BCUT2D eigenvalue weighted by molar-refractivity contribution is -0.107. The summed E-state index contributed by atoms with van der Waals surface area (Å²) in [6.45, 7) is 0. The zero-order valence-electron chi connectivity index (χ0n) is 7.36. The van der Waals surface area contributed by atoms with Crippen molar-refractivity contribution in [3.8, 4) is 11.8 Å². The van der Waals surface area contributed by atoms with E-state index in [2.05, 4.69) is 16.8 Å². The second-order valence-electron chi connectivity index (χ2n) is 2.66. The first-order valence-corrected chi connectivity index (χ1v) is 5.00. The van der Waals surface area contributed by atoms with Crippen molar-refractivity contribution in [1.82, 2.24) is 4.98 Å². The number of benzene rings is 1. The molecule has 0 bridgehead atoms. The SMILES string of the molecule is O=CCC#Cc1nc2ccccc2s1. The van der Waals surface area contributed by atoms with Crippen molar-refractivity contribution in [1.29, 1.82) is 0 Å². The molecule has 0 unspecified atom stereocenters. The number of aldehydes is 1. The maximum atomic E-state index is 10.0. The summed E-state index contributed by atoms with van der Waals surface area (Å²) in [5.74, 6) is 5.60. The number of carbonyl (C=O) groups excluding carboxylic acids is 1. The van der Waals surface area contributed by atoms with Crippen molar-refractivity contribution in [3.05, 3.63) is 29.3 Å². The van der Waals surface area contributed by atoms with Crippen LogP contribution in [0.25, 0.3) is 10.2 Å². The Bertz CT molecular complexity index is 486. The third kappa shape index (κ3) is 1.81. The number of hydrogen-bond acceptors (Lipinski definition) is 3. The summed E-state index contributed by atoms with van der Waals surface area (Å²) in [7, 11) is 0. The van der Waals surface area contributed by atoms with E-state index in [9.17, 15) is 4.79 Å². The molecule has 0 saturated carbocycles. The van der Waals surface area contributed by atoms with E-state index in [1.165, 1.54) is 0 Å². The molecule has 0 saturated heterocycles. The van der Waals surface area contributed by atoms with E-state index < -0.39 is 0 Å². The molecule has 0 fully saturated rings. The number of hydrogen-bond donors (Lipinski definition) is 0. The fourth-order valence-corrected chi connectivity index (χ4v) is 1.93. The van der Waals surface area contributed by atoms with Gasteiger partial charge in [0.1, 0.15) is 6.29 Å². The molecule has 0 aliphatic carbocycles. The van der Waals surface area contributed by atoms with Gasteiger partial charge in [0.15, 0.2) is 5.01 Å². The quantitative estimate of drug-likeness (QED) is 0.523. The van der Waals surface area contributed by atoms with Crippen molar-refractivity contribution in [2.45, 2.75) is 6.42 Å². The average molecular weight is 201 g/mol. The summed E-state index contributed by atoms with van der Waals surface area (Å²) < 4.78 is 1.13. The maximum Gasteiger partial charge on any atom is 0.168 e. The summed E-state index contributed by atoms with van der Waals surface area (Å²) in [6.07, 6.45) is 1.07. The molecule has 14 heavy (non-hydrogen) atoms. The number of aromatic nitrogens is 1. The number of fused-ring (bicyclic) bond motifs is 1. The fourth-order valence-electron chi connectivity index (χ4n) is 1.09. The second-order valence-corrected chi connectivity index (χ2v) is 3.69. The van der Waals surface area contributed by atoms with Crippen LogP contribution < -0.4 is 0 Å². The lowest BCUT2D eigenvalue weighted by atomic mass is 10.3. The zero-order chi connectivity index (χ0) is 9.80. The summed E-state index contributed by atoms with van der Waals surface area (Å²) in [5, 5.41) is 0.771. The van der Waals surface area contributed by atoms with Crippen LogP contribution >= 0.6 is 11.3 Å². The predicted molar refractivity (Wildman–Crippen MR) is 57.2 cm³/mol. The van der Waals surface area contributed by atoms with Crippen molar-refractivity contribution >= 4 is 27.8 Å². The fraction of sp³-hybridized carbons (Fsp3) is 0.0909. The molecule has 68 valence electrons. The van der Waals surface area contributed by atoms with E-state index >= 15 is 0 Å². The Morgan fingerprint density at radius 2 is 2.29 bits per heavy atom. The Morgan fingerprint density at radius 3 is 3.07 bits per heavy atom. The Labute approximate surface area is 85.6 Å². The van der Waals surface area contributed by atoms with Gasteiger partial charge in [-0.2, -0.15) is 0 Å². The highest BCUT2D eigenvalue weighted by molar-refractivity contribution is 7.19. The van der Waals surface area contributed by atoms with E-state index in [0.29, 0.717) is 0 Å². The van der Waals surface area contributed by atoms with E-state index in [1.807, 2.05) is 24.3 Å². The van der Waals surface area contributed by atoms with E-state index in [-0.39, 0.29) is 6.42 Å². The zero-order valence-corrected chi connectivity index (χ0v) is 8.17. The first-order valence-electron chi connectivity index (χ1n) is 4.18. The van der Waals surface area contributed by atoms with Crippen molar-refractivity contribution in [2.24, 2.45) is 0 Å². The maximum absolute atomic E-state index is 10.0. The van der Waals surface area contributed by atoms with Gasteiger partial charge in [0.25, 0.3) is 0 Å². The third-order valence-electron chi connectivity index (χ3n) is 1.67. The largest absolute Gasteiger partial charge is 0.302 e. The van der Waals surface area contributed by atoms with Gasteiger partial charge in [0, 0.05) is 0 Å². The minimum absolute atomic E-state index is 0.274. The van der Waals surface area contributed by atoms with E-state index in [4.69, 9.17) is 0 Å². The van der Waals surface area contributed by atoms with Gasteiger partial charge in [-0.3, -0.25) is 0 Å². The number of carbonyl (C=O) groups is 1. The molecular weight excluding hydrogens is 194 g/mol. The molecule has 0 atom stereocenters. The first-order chi connectivity index (χ1) is 6.90. The molecule has 0 amide bonds. The Balaban J connectivity index is 2.37. The lowest BCUT2D eigenvalue weighted by Gasteiger charge is -1.80. The van der Waals surface area contributed by atoms with Crippen molar-refractivity contribution in [3.63, 3.8) is 0 Å². The Hall–Kier alpha value is -1.66. The molecule has 1 aromatic carbocycles. The van der Waals surface area contributed by atoms with Crippen molar-refractivity contribution in [2.75, 3.05) is 0 Å². The molecule has 0 radical (unpaired) electrons. The van der Waals surface area contributed by atoms with Crippen LogP contribution in [0.15, 0.2) is 24.3 Å². The molecular formula is C11H7NOS. The molecule has 0 N–H and O–H groups in total. The van der Waals surface area contributed by atoms with Gasteiger partial charge < -0.3 is 4.79 Å². The summed E-state index contributed by atoms with van der Waals surface area (Å²) in [4.78, 5) is 14.4.